The predicted octanol–water partition coefficient (Wildman–Crippen LogP) is 1.46. The van der Waals surface area contributed by atoms with E-state index in [1.54, 1.807) is 10.9 Å². The van der Waals surface area contributed by atoms with Gasteiger partial charge in [0.2, 0.25) is 0 Å². The molecule has 25 heavy (non-hydrogen) atoms. The minimum Gasteiger partial charge on any atom is -0.388 e. The van der Waals surface area contributed by atoms with Crippen molar-refractivity contribution >= 4 is 17.0 Å². The molecule has 136 valence electrons. The zero-order valence-electron chi connectivity index (χ0n) is 14.5. The van der Waals surface area contributed by atoms with Gasteiger partial charge in [0.25, 0.3) is 0 Å². The van der Waals surface area contributed by atoms with E-state index in [0.717, 1.165) is 6.42 Å². The lowest BCUT2D eigenvalue weighted by molar-refractivity contribution is -0.0355. The Morgan fingerprint density at radius 1 is 1.24 bits per heavy atom. The first-order valence-corrected chi connectivity index (χ1v) is 9.05. The smallest absolute Gasteiger partial charge is 0.167 e. The van der Waals surface area contributed by atoms with Gasteiger partial charge < -0.3 is 20.3 Å². The Bertz CT molecular complexity index is 751. The van der Waals surface area contributed by atoms with Crippen LogP contribution in [0.2, 0.25) is 0 Å². The van der Waals surface area contributed by atoms with Crippen LogP contribution in [0.25, 0.3) is 11.2 Å². The van der Waals surface area contributed by atoms with Gasteiger partial charge in [-0.2, -0.15) is 0 Å². The third-order valence-corrected chi connectivity index (χ3v) is 5.56. The van der Waals surface area contributed by atoms with Crippen molar-refractivity contribution in [3.05, 3.63) is 12.7 Å². The molecule has 0 radical (unpaired) electrons. The molecule has 6 atom stereocenters. The van der Waals surface area contributed by atoms with Crippen LogP contribution in [0.1, 0.15) is 45.8 Å². The Kier molecular flexibility index (Phi) is 4.35. The molecule has 1 saturated carbocycles. The second kappa shape index (κ2) is 6.51. The van der Waals surface area contributed by atoms with Gasteiger partial charge in [0.05, 0.1) is 12.4 Å². The maximum atomic E-state index is 10.3. The summed E-state index contributed by atoms with van der Waals surface area (Å²) in [6.45, 7) is 4.17. The standard InChI is InChI=1S/C17H25N5O3/c1-3-11-13(23)14(24)17(25-11)22-8-20-12-15(18-7-19-16(12)22)21-10-6-4-5-9(10)2/h7-11,13-14,17,23-24H,3-6H2,1-2H3,(H,18,19,21)/t9?,10?,11-,13-,14-,17-/m1/s1. The first kappa shape index (κ1) is 16.7. The van der Waals surface area contributed by atoms with Gasteiger partial charge in [-0.25, -0.2) is 15.0 Å². The summed E-state index contributed by atoms with van der Waals surface area (Å²) >= 11 is 0. The number of fused-ring (bicyclic) bond motifs is 1. The molecule has 1 saturated heterocycles. The molecule has 2 aromatic heterocycles. The molecule has 8 heteroatoms. The normalized spacial score (nSPS) is 35.5. The summed E-state index contributed by atoms with van der Waals surface area (Å²) < 4.78 is 7.50. The zero-order valence-corrected chi connectivity index (χ0v) is 14.5. The number of ether oxygens (including phenoxy) is 1. The molecule has 0 amide bonds. The molecule has 3 heterocycles. The summed E-state index contributed by atoms with van der Waals surface area (Å²) in [6.07, 6.45) is 4.28. The number of aromatic nitrogens is 4. The molecule has 0 spiro atoms. The van der Waals surface area contributed by atoms with E-state index in [-0.39, 0.29) is 0 Å². The van der Waals surface area contributed by atoms with Crippen LogP contribution < -0.4 is 5.32 Å². The second-order valence-electron chi connectivity index (χ2n) is 7.16. The van der Waals surface area contributed by atoms with Crippen molar-refractivity contribution in [3.63, 3.8) is 0 Å². The molecule has 2 fully saturated rings. The van der Waals surface area contributed by atoms with Gasteiger partial charge in [-0.3, -0.25) is 4.57 Å². The molecule has 2 unspecified atom stereocenters. The van der Waals surface area contributed by atoms with Crippen LogP contribution in [0.4, 0.5) is 5.82 Å². The molecule has 2 aliphatic rings. The average molecular weight is 347 g/mol. The first-order valence-electron chi connectivity index (χ1n) is 9.05. The molecule has 2 aromatic rings. The predicted molar refractivity (Wildman–Crippen MR) is 92.0 cm³/mol. The first-order chi connectivity index (χ1) is 12.1. The van der Waals surface area contributed by atoms with Gasteiger partial charge in [-0.05, 0) is 25.2 Å². The van der Waals surface area contributed by atoms with Crippen molar-refractivity contribution in [2.45, 2.75) is 70.1 Å². The third-order valence-electron chi connectivity index (χ3n) is 5.56. The minimum atomic E-state index is -1.01. The monoisotopic (exact) mass is 347 g/mol. The highest BCUT2D eigenvalue weighted by Gasteiger charge is 2.43. The molecule has 0 bridgehead atoms. The van der Waals surface area contributed by atoms with Gasteiger partial charge >= 0.3 is 0 Å². The van der Waals surface area contributed by atoms with Crippen molar-refractivity contribution < 1.29 is 14.9 Å². The number of nitrogens with zero attached hydrogens (tertiary/aromatic N) is 4. The van der Waals surface area contributed by atoms with Crippen molar-refractivity contribution in [3.8, 4) is 0 Å². The van der Waals surface area contributed by atoms with E-state index in [4.69, 9.17) is 4.74 Å². The van der Waals surface area contributed by atoms with Gasteiger partial charge in [-0.1, -0.05) is 20.3 Å². The molecule has 1 aliphatic heterocycles. The van der Waals surface area contributed by atoms with Crippen LogP contribution in [-0.4, -0.2) is 54.1 Å². The zero-order chi connectivity index (χ0) is 17.6. The third kappa shape index (κ3) is 2.78. The van der Waals surface area contributed by atoms with Gasteiger partial charge in [-0.15, -0.1) is 0 Å². The van der Waals surface area contributed by atoms with Crippen molar-refractivity contribution in [2.24, 2.45) is 5.92 Å². The van der Waals surface area contributed by atoms with Crippen molar-refractivity contribution in [1.82, 2.24) is 19.5 Å². The molecule has 8 nitrogen and oxygen atoms in total. The van der Waals surface area contributed by atoms with Gasteiger partial charge in [0.15, 0.2) is 23.2 Å². The maximum Gasteiger partial charge on any atom is 0.167 e. The van der Waals surface area contributed by atoms with E-state index < -0.39 is 24.5 Å². The number of aliphatic hydroxyl groups excluding tert-OH is 2. The number of aliphatic hydroxyl groups is 2. The Morgan fingerprint density at radius 2 is 2.08 bits per heavy atom. The number of imidazole rings is 1. The van der Waals surface area contributed by atoms with Crippen molar-refractivity contribution in [2.75, 3.05) is 5.32 Å². The summed E-state index contributed by atoms with van der Waals surface area (Å²) in [5, 5.41) is 24.0. The summed E-state index contributed by atoms with van der Waals surface area (Å²) in [4.78, 5) is 13.1. The summed E-state index contributed by atoms with van der Waals surface area (Å²) in [6, 6.07) is 0.392. The molecule has 4 rings (SSSR count). The van der Waals surface area contributed by atoms with E-state index in [2.05, 4.69) is 27.2 Å². The van der Waals surface area contributed by atoms with E-state index in [0.29, 0.717) is 35.4 Å². The number of anilines is 1. The van der Waals surface area contributed by atoms with Crippen LogP contribution in [0.3, 0.4) is 0 Å². The Hall–Kier alpha value is -1.77. The van der Waals surface area contributed by atoms with Gasteiger partial charge in [0, 0.05) is 6.04 Å². The number of nitrogens with one attached hydrogen (secondary N) is 1. The van der Waals surface area contributed by atoms with E-state index in [1.807, 2.05) is 6.92 Å². The highest BCUT2D eigenvalue weighted by molar-refractivity contribution is 5.82. The number of rotatable bonds is 4. The van der Waals surface area contributed by atoms with E-state index in [9.17, 15) is 10.2 Å². The summed E-state index contributed by atoms with van der Waals surface area (Å²) in [7, 11) is 0. The van der Waals surface area contributed by atoms with Crippen molar-refractivity contribution in [1.29, 1.82) is 0 Å². The molecular formula is C17H25N5O3. The highest BCUT2D eigenvalue weighted by atomic mass is 16.6. The highest BCUT2D eigenvalue weighted by Crippen LogP contribution is 2.34. The summed E-state index contributed by atoms with van der Waals surface area (Å²) in [5.41, 5.74) is 1.25. The Labute approximate surface area is 146 Å². The quantitative estimate of drug-likeness (QED) is 0.769. The average Bonchev–Trinajstić information content (AvgIpc) is 3.29. The largest absolute Gasteiger partial charge is 0.388 e. The van der Waals surface area contributed by atoms with Crippen LogP contribution in [0.5, 0.6) is 0 Å². The lowest BCUT2D eigenvalue weighted by Crippen LogP contribution is -2.31. The minimum absolute atomic E-state index is 0.392. The fraction of sp³-hybridized carbons (Fsp3) is 0.706. The van der Waals surface area contributed by atoms with Crippen LogP contribution in [-0.2, 0) is 4.74 Å². The Balaban J connectivity index is 1.65. The number of hydrogen-bond donors (Lipinski definition) is 3. The fourth-order valence-electron chi connectivity index (χ4n) is 3.98. The molecule has 3 N–H and O–H groups in total. The maximum absolute atomic E-state index is 10.3. The second-order valence-corrected chi connectivity index (χ2v) is 7.16. The Morgan fingerprint density at radius 3 is 2.76 bits per heavy atom. The molecular weight excluding hydrogens is 322 g/mol. The molecule has 1 aliphatic carbocycles. The van der Waals surface area contributed by atoms with Crippen LogP contribution in [0, 0.1) is 5.92 Å². The lowest BCUT2D eigenvalue weighted by atomic mass is 10.1. The number of hydrogen-bond acceptors (Lipinski definition) is 7. The summed E-state index contributed by atoms with van der Waals surface area (Å²) in [5.74, 6) is 1.31. The van der Waals surface area contributed by atoms with Gasteiger partial charge in [0.1, 0.15) is 18.5 Å². The lowest BCUT2D eigenvalue weighted by Gasteiger charge is -2.18. The SMILES string of the molecule is CC[C@H]1O[C@@H](n2cnc3c(NC4CCCC4C)ncnc32)[C@H](O)[C@@H]1O. The van der Waals surface area contributed by atoms with Crippen LogP contribution in [0.15, 0.2) is 12.7 Å². The topological polar surface area (TPSA) is 105 Å². The molecule has 0 aromatic carbocycles. The fourth-order valence-corrected chi connectivity index (χ4v) is 3.98. The van der Waals surface area contributed by atoms with E-state index in [1.165, 1.54) is 19.2 Å². The van der Waals surface area contributed by atoms with E-state index >= 15 is 0 Å². The van der Waals surface area contributed by atoms with Crippen LogP contribution >= 0.6 is 0 Å².